The highest BCUT2D eigenvalue weighted by Gasteiger charge is 2.60. The van der Waals surface area contributed by atoms with Crippen LogP contribution in [0.3, 0.4) is 0 Å². The molecule has 5 aliphatic heterocycles. The van der Waals surface area contributed by atoms with Gasteiger partial charge < -0.3 is 42.6 Å². The van der Waals surface area contributed by atoms with E-state index in [4.69, 9.17) is 42.6 Å². The van der Waals surface area contributed by atoms with E-state index in [1.165, 1.54) is 0 Å². The fourth-order valence-electron chi connectivity index (χ4n) is 4.80. The molecule has 5 aliphatic rings. The lowest BCUT2D eigenvalue weighted by atomic mass is 9.99. The standard InChI is InChI=1S/C23H30O9/c1-21(2)27-15-13(26-20-18(16(15)28-21)30-23(5,6)32-20)11-9-8-10-12-14(24-7)17-19(25-12)31-22(3,4)29-17/h12-20H,1-7H3/t12-,13-,14+,15+,16+,17-,18-,19-,20?/m1/s1. The lowest BCUT2D eigenvalue weighted by Crippen LogP contribution is -2.54. The maximum atomic E-state index is 6.09. The first-order valence-corrected chi connectivity index (χ1v) is 10.9. The summed E-state index contributed by atoms with van der Waals surface area (Å²) in [5.74, 6) is 9.50. The average Bonchev–Trinajstić information content (AvgIpc) is 3.34. The molecule has 5 rings (SSSR count). The summed E-state index contributed by atoms with van der Waals surface area (Å²) in [5, 5.41) is 0. The van der Waals surface area contributed by atoms with Crippen LogP contribution in [-0.2, 0) is 42.6 Å². The van der Waals surface area contributed by atoms with Gasteiger partial charge in [-0.2, -0.15) is 0 Å². The van der Waals surface area contributed by atoms with Crippen molar-refractivity contribution in [3.63, 3.8) is 0 Å². The SMILES string of the molecule is CO[C@@H]1[C@H]2OC(C)(C)O[C@H]2O[C@@H]1C#CC#C[C@H]1OC2OC(C)(C)O[C@@H]2[C@H]2OC(C)(C)O[C@H]21. The molecule has 0 aliphatic carbocycles. The molecule has 5 heterocycles. The highest BCUT2D eigenvalue weighted by atomic mass is 16.9. The molecule has 0 amide bonds. The molecule has 9 heteroatoms. The molecule has 0 N–H and O–H groups in total. The van der Waals surface area contributed by atoms with Gasteiger partial charge >= 0.3 is 0 Å². The highest BCUT2D eigenvalue weighted by molar-refractivity contribution is 5.31. The molecule has 0 saturated carbocycles. The molecule has 32 heavy (non-hydrogen) atoms. The van der Waals surface area contributed by atoms with E-state index in [9.17, 15) is 0 Å². The zero-order valence-electron chi connectivity index (χ0n) is 19.4. The Morgan fingerprint density at radius 2 is 1.03 bits per heavy atom. The number of methoxy groups -OCH3 is 1. The summed E-state index contributed by atoms with van der Waals surface area (Å²) in [6.45, 7) is 11.1. The molecular weight excluding hydrogens is 420 g/mol. The van der Waals surface area contributed by atoms with Gasteiger partial charge in [0.25, 0.3) is 0 Å². The summed E-state index contributed by atoms with van der Waals surface area (Å²) in [5.41, 5.74) is 0. The fourth-order valence-corrected chi connectivity index (χ4v) is 4.80. The van der Waals surface area contributed by atoms with Crippen molar-refractivity contribution in [3.05, 3.63) is 0 Å². The quantitative estimate of drug-likeness (QED) is 0.549. The molecule has 0 aromatic heterocycles. The van der Waals surface area contributed by atoms with Crippen LogP contribution in [0.25, 0.3) is 0 Å². The van der Waals surface area contributed by atoms with Crippen LogP contribution in [0.4, 0.5) is 0 Å². The Balaban J connectivity index is 1.30. The van der Waals surface area contributed by atoms with Gasteiger partial charge in [0.2, 0.25) is 0 Å². The van der Waals surface area contributed by atoms with Crippen LogP contribution in [0, 0.1) is 23.7 Å². The molecule has 176 valence electrons. The minimum absolute atomic E-state index is 0.337. The third-order valence-corrected chi connectivity index (χ3v) is 5.91. The first-order chi connectivity index (χ1) is 15.0. The lowest BCUT2D eigenvalue weighted by Gasteiger charge is -2.34. The van der Waals surface area contributed by atoms with Gasteiger partial charge in [0, 0.05) is 7.11 Å². The van der Waals surface area contributed by atoms with E-state index in [2.05, 4.69) is 23.7 Å². The van der Waals surface area contributed by atoms with Crippen molar-refractivity contribution in [2.75, 3.05) is 7.11 Å². The van der Waals surface area contributed by atoms with E-state index < -0.39 is 48.3 Å². The molecule has 5 fully saturated rings. The highest BCUT2D eigenvalue weighted by Crippen LogP contribution is 2.44. The van der Waals surface area contributed by atoms with Gasteiger partial charge in [-0.15, -0.1) is 0 Å². The second-order valence-corrected chi connectivity index (χ2v) is 9.85. The summed E-state index contributed by atoms with van der Waals surface area (Å²) < 4.78 is 53.2. The normalized spacial score (nSPS) is 46.9. The van der Waals surface area contributed by atoms with Crippen molar-refractivity contribution in [3.8, 4) is 23.7 Å². The second kappa shape index (κ2) is 7.64. The van der Waals surface area contributed by atoms with Crippen molar-refractivity contribution in [2.45, 2.75) is 114 Å². The summed E-state index contributed by atoms with van der Waals surface area (Å²) in [7, 11) is 1.60. The molecule has 0 aromatic rings. The molecule has 9 nitrogen and oxygen atoms in total. The fraction of sp³-hybridized carbons (Fsp3) is 0.826. The topological polar surface area (TPSA) is 83.1 Å². The molecule has 1 unspecified atom stereocenters. The zero-order valence-corrected chi connectivity index (χ0v) is 19.4. The van der Waals surface area contributed by atoms with Crippen LogP contribution in [0.1, 0.15) is 41.5 Å². The number of fused-ring (bicyclic) bond motifs is 4. The van der Waals surface area contributed by atoms with Crippen molar-refractivity contribution >= 4 is 0 Å². The number of rotatable bonds is 1. The average molecular weight is 450 g/mol. The minimum Gasteiger partial charge on any atom is -0.375 e. The second-order valence-electron chi connectivity index (χ2n) is 9.85. The Morgan fingerprint density at radius 3 is 1.69 bits per heavy atom. The number of ether oxygens (including phenoxy) is 9. The molecule has 0 bridgehead atoms. The maximum Gasteiger partial charge on any atom is 0.191 e. The predicted octanol–water partition coefficient (Wildman–Crippen LogP) is 1.28. The lowest BCUT2D eigenvalue weighted by molar-refractivity contribution is -0.220. The molecule has 0 radical (unpaired) electrons. The maximum absolute atomic E-state index is 6.09. The van der Waals surface area contributed by atoms with Crippen molar-refractivity contribution < 1.29 is 42.6 Å². The molecule has 5 saturated heterocycles. The van der Waals surface area contributed by atoms with E-state index >= 15 is 0 Å². The summed E-state index contributed by atoms with van der Waals surface area (Å²) in [6.07, 6.45) is -4.08. The van der Waals surface area contributed by atoms with Crippen LogP contribution >= 0.6 is 0 Å². The summed E-state index contributed by atoms with van der Waals surface area (Å²) >= 11 is 0. The van der Waals surface area contributed by atoms with Crippen LogP contribution in [0.5, 0.6) is 0 Å². The van der Waals surface area contributed by atoms with E-state index in [0.717, 1.165) is 0 Å². The summed E-state index contributed by atoms with van der Waals surface area (Å²) in [4.78, 5) is 0. The molecule has 0 aromatic carbocycles. The smallest absolute Gasteiger partial charge is 0.191 e. The van der Waals surface area contributed by atoms with E-state index in [0.29, 0.717) is 0 Å². The van der Waals surface area contributed by atoms with Crippen LogP contribution in [0.15, 0.2) is 0 Å². The van der Waals surface area contributed by atoms with Gasteiger partial charge in [-0.1, -0.05) is 11.8 Å². The van der Waals surface area contributed by atoms with Crippen molar-refractivity contribution in [1.82, 2.24) is 0 Å². The Hall–Kier alpha value is -1.24. The van der Waals surface area contributed by atoms with E-state index in [-0.39, 0.29) is 24.4 Å². The molecule has 9 atom stereocenters. The number of hydrogen-bond donors (Lipinski definition) is 0. The van der Waals surface area contributed by atoms with E-state index in [1.807, 2.05) is 41.5 Å². The minimum atomic E-state index is -0.774. The first-order valence-electron chi connectivity index (χ1n) is 10.9. The van der Waals surface area contributed by atoms with Crippen LogP contribution in [0.2, 0.25) is 0 Å². The molecular formula is C23H30O9. The van der Waals surface area contributed by atoms with Crippen LogP contribution < -0.4 is 0 Å². The third-order valence-electron chi connectivity index (χ3n) is 5.91. The largest absolute Gasteiger partial charge is 0.375 e. The monoisotopic (exact) mass is 450 g/mol. The van der Waals surface area contributed by atoms with Gasteiger partial charge in [-0.05, 0) is 53.4 Å². The number of hydrogen-bond acceptors (Lipinski definition) is 9. The van der Waals surface area contributed by atoms with Gasteiger partial charge in [0.05, 0.1) is 0 Å². The Bertz CT molecular complexity index is 875. The van der Waals surface area contributed by atoms with Gasteiger partial charge in [-0.3, -0.25) is 0 Å². The Kier molecular flexibility index (Phi) is 5.38. The van der Waals surface area contributed by atoms with Crippen molar-refractivity contribution in [1.29, 1.82) is 0 Å². The Morgan fingerprint density at radius 1 is 0.562 bits per heavy atom. The zero-order chi connectivity index (χ0) is 22.9. The first kappa shape index (κ1) is 22.5. The van der Waals surface area contributed by atoms with Gasteiger partial charge in [0.1, 0.15) is 30.5 Å². The van der Waals surface area contributed by atoms with Crippen molar-refractivity contribution in [2.24, 2.45) is 0 Å². The predicted molar refractivity (Wildman–Crippen MR) is 108 cm³/mol. The van der Waals surface area contributed by atoms with Gasteiger partial charge in [-0.25, -0.2) is 0 Å². The molecule has 0 spiro atoms. The third kappa shape index (κ3) is 4.07. The van der Waals surface area contributed by atoms with E-state index in [1.54, 1.807) is 7.11 Å². The summed E-state index contributed by atoms with van der Waals surface area (Å²) in [6, 6.07) is 0. The van der Waals surface area contributed by atoms with Gasteiger partial charge in [0.15, 0.2) is 42.1 Å². The van der Waals surface area contributed by atoms with Crippen LogP contribution in [-0.4, -0.2) is 79.8 Å². The Labute approximate surface area is 188 Å².